The van der Waals surface area contributed by atoms with Crippen molar-refractivity contribution in [2.75, 3.05) is 6.61 Å². The number of ether oxygens (including phenoxy) is 1. The summed E-state index contributed by atoms with van der Waals surface area (Å²) in [5, 5.41) is 10.5. The largest absolute Gasteiger partial charge is 0.390 e. The normalized spacial score (nSPS) is 34.0. The second kappa shape index (κ2) is 5.86. The van der Waals surface area contributed by atoms with Gasteiger partial charge in [0, 0.05) is 13.0 Å². The zero-order valence-corrected chi connectivity index (χ0v) is 10.5. The van der Waals surface area contributed by atoms with E-state index >= 15 is 0 Å². The molecule has 0 radical (unpaired) electrons. The molecular weight excluding hydrogens is 188 g/mol. The second-order valence-electron chi connectivity index (χ2n) is 5.18. The number of hydrogen-bond acceptors (Lipinski definition) is 2. The Morgan fingerprint density at radius 3 is 2.80 bits per heavy atom. The maximum atomic E-state index is 10.5. The van der Waals surface area contributed by atoms with E-state index in [2.05, 4.69) is 20.8 Å². The molecule has 0 spiro atoms. The van der Waals surface area contributed by atoms with Gasteiger partial charge in [0.1, 0.15) is 0 Å². The predicted molar refractivity (Wildman–Crippen MR) is 62.9 cm³/mol. The average molecular weight is 214 g/mol. The fourth-order valence-electron chi connectivity index (χ4n) is 2.49. The summed E-state index contributed by atoms with van der Waals surface area (Å²) in [5.74, 6) is 0.621. The van der Waals surface area contributed by atoms with E-state index in [0.717, 1.165) is 45.1 Å². The Hall–Kier alpha value is -0.0800. The first-order chi connectivity index (χ1) is 7.09. The highest BCUT2D eigenvalue weighted by atomic mass is 16.5. The summed E-state index contributed by atoms with van der Waals surface area (Å²) in [4.78, 5) is 0. The second-order valence-corrected chi connectivity index (χ2v) is 5.18. The molecule has 1 saturated heterocycles. The van der Waals surface area contributed by atoms with Crippen molar-refractivity contribution < 1.29 is 9.84 Å². The molecule has 3 atom stereocenters. The topological polar surface area (TPSA) is 29.5 Å². The van der Waals surface area contributed by atoms with Crippen LogP contribution in [0.1, 0.15) is 59.3 Å². The fourth-order valence-corrected chi connectivity index (χ4v) is 2.49. The lowest BCUT2D eigenvalue weighted by Crippen LogP contribution is -2.41. The van der Waals surface area contributed by atoms with Gasteiger partial charge >= 0.3 is 0 Å². The lowest BCUT2D eigenvalue weighted by atomic mass is 9.81. The minimum atomic E-state index is -0.451. The number of aliphatic hydroxyl groups is 1. The first-order valence-electron chi connectivity index (χ1n) is 6.43. The van der Waals surface area contributed by atoms with E-state index in [1.165, 1.54) is 0 Å². The highest BCUT2D eigenvalue weighted by Crippen LogP contribution is 2.33. The molecule has 1 aliphatic heterocycles. The molecule has 2 nitrogen and oxygen atoms in total. The van der Waals surface area contributed by atoms with E-state index in [-0.39, 0.29) is 6.10 Å². The summed E-state index contributed by atoms with van der Waals surface area (Å²) in [5.41, 5.74) is -0.451. The van der Waals surface area contributed by atoms with Gasteiger partial charge < -0.3 is 9.84 Å². The minimum Gasteiger partial charge on any atom is -0.390 e. The third-order valence-electron chi connectivity index (χ3n) is 3.56. The molecular formula is C13H26O2. The molecule has 1 fully saturated rings. The van der Waals surface area contributed by atoms with Crippen LogP contribution in [0.25, 0.3) is 0 Å². The molecule has 3 unspecified atom stereocenters. The maximum Gasteiger partial charge on any atom is 0.0696 e. The summed E-state index contributed by atoms with van der Waals surface area (Å²) in [6.07, 6.45) is 6.27. The molecule has 0 aromatic rings. The van der Waals surface area contributed by atoms with Crippen molar-refractivity contribution in [2.45, 2.75) is 71.0 Å². The first kappa shape index (κ1) is 13.0. The van der Waals surface area contributed by atoms with Crippen molar-refractivity contribution in [3.05, 3.63) is 0 Å². The molecule has 1 heterocycles. The zero-order chi connectivity index (χ0) is 11.3. The van der Waals surface area contributed by atoms with Crippen LogP contribution in [-0.4, -0.2) is 23.4 Å². The fraction of sp³-hybridized carbons (Fsp3) is 1.00. The van der Waals surface area contributed by atoms with Gasteiger partial charge in [-0.25, -0.2) is 0 Å². The third kappa shape index (κ3) is 4.12. The van der Waals surface area contributed by atoms with Gasteiger partial charge in [0.15, 0.2) is 0 Å². The summed E-state index contributed by atoms with van der Waals surface area (Å²) in [6.45, 7) is 7.32. The molecule has 1 aliphatic rings. The van der Waals surface area contributed by atoms with Crippen LogP contribution in [0.4, 0.5) is 0 Å². The van der Waals surface area contributed by atoms with Gasteiger partial charge in [-0.05, 0) is 25.2 Å². The van der Waals surface area contributed by atoms with E-state index in [1.54, 1.807) is 0 Å². The zero-order valence-electron chi connectivity index (χ0n) is 10.5. The molecule has 1 rings (SSSR count). The van der Waals surface area contributed by atoms with Gasteiger partial charge in [0.05, 0.1) is 11.7 Å². The van der Waals surface area contributed by atoms with Gasteiger partial charge in [-0.15, -0.1) is 0 Å². The smallest absolute Gasteiger partial charge is 0.0696 e. The lowest BCUT2D eigenvalue weighted by molar-refractivity contribution is -0.114. The van der Waals surface area contributed by atoms with Crippen LogP contribution < -0.4 is 0 Å². The Bertz CT molecular complexity index is 179. The van der Waals surface area contributed by atoms with E-state index < -0.39 is 5.60 Å². The van der Waals surface area contributed by atoms with Crippen LogP contribution in [0, 0.1) is 5.92 Å². The van der Waals surface area contributed by atoms with E-state index in [9.17, 15) is 5.11 Å². The van der Waals surface area contributed by atoms with Crippen LogP contribution in [-0.2, 0) is 4.74 Å². The van der Waals surface area contributed by atoms with Crippen LogP contribution >= 0.6 is 0 Å². The van der Waals surface area contributed by atoms with E-state index in [0.29, 0.717) is 5.92 Å². The monoisotopic (exact) mass is 214 g/mol. The number of rotatable bonds is 5. The van der Waals surface area contributed by atoms with Crippen molar-refractivity contribution in [1.29, 1.82) is 0 Å². The standard InChI is InChI=1S/C13H26O2/c1-4-6-12-10-13(14,7-8-15-12)9-11(3)5-2/h11-12,14H,4-10H2,1-3H3. The van der Waals surface area contributed by atoms with Crippen LogP contribution in [0.2, 0.25) is 0 Å². The molecule has 0 aromatic heterocycles. The van der Waals surface area contributed by atoms with Gasteiger partial charge in [0.2, 0.25) is 0 Å². The van der Waals surface area contributed by atoms with Crippen molar-refractivity contribution in [2.24, 2.45) is 5.92 Å². The molecule has 15 heavy (non-hydrogen) atoms. The Morgan fingerprint density at radius 1 is 1.47 bits per heavy atom. The lowest BCUT2D eigenvalue weighted by Gasteiger charge is -2.38. The molecule has 0 aromatic carbocycles. The summed E-state index contributed by atoms with van der Waals surface area (Å²) < 4.78 is 5.67. The van der Waals surface area contributed by atoms with Crippen molar-refractivity contribution in [3.8, 4) is 0 Å². The Balaban J connectivity index is 2.44. The third-order valence-corrected chi connectivity index (χ3v) is 3.56. The molecule has 0 amide bonds. The van der Waals surface area contributed by atoms with Crippen molar-refractivity contribution in [1.82, 2.24) is 0 Å². The van der Waals surface area contributed by atoms with Gasteiger partial charge in [-0.1, -0.05) is 33.6 Å². The van der Waals surface area contributed by atoms with Crippen LogP contribution in [0.5, 0.6) is 0 Å². The summed E-state index contributed by atoms with van der Waals surface area (Å²) in [7, 11) is 0. The van der Waals surface area contributed by atoms with Gasteiger partial charge in [-0.2, -0.15) is 0 Å². The van der Waals surface area contributed by atoms with Crippen molar-refractivity contribution in [3.63, 3.8) is 0 Å². The maximum absolute atomic E-state index is 10.5. The Morgan fingerprint density at radius 2 is 2.20 bits per heavy atom. The number of hydrogen-bond donors (Lipinski definition) is 1. The molecule has 0 saturated carbocycles. The summed E-state index contributed by atoms with van der Waals surface area (Å²) >= 11 is 0. The van der Waals surface area contributed by atoms with Crippen LogP contribution in [0.3, 0.4) is 0 Å². The highest BCUT2D eigenvalue weighted by Gasteiger charge is 2.35. The van der Waals surface area contributed by atoms with E-state index in [1.807, 2.05) is 0 Å². The SMILES string of the molecule is CCCC1CC(O)(CC(C)CC)CCO1. The first-order valence-corrected chi connectivity index (χ1v) is 6.43. The van der Waals surface area contributed by atoms with Crippen LogP contribution in [0.15, 0.2) is 0 Å². The molecule has 90 valence electrons. The highest BCUT2D eigenvalue weighted by molar-refractivity contribution is 4.86. The Kier molecular flexibility index (Phi) is 5.07. The predicted octanol–water partition coefficient (Wildman–Crippen LogP) is 3.13. The minimum absolute atomic E-state index is 0.290. The van der Waals surface area contributed by atoms with Crippen molar-refractivity contribution >= 4 is 0 Å². The average Bonchev–Trinajstić information content (AvgIpc) is 2.17. The summed E-state index contributed by atoms with van der Waals surface area (Å²) in [6, 6.07) is 0. The van der Waals surface area contributed by atoms with E-state index in [4.69, 9.17) is 4.74 Å². The van der Waals surface area contributed by atoms with Gasteiger partial charge in [-0.3, -0.25) is 0 Å². The molecule has 0 aliphatic carbocycles. The molecule has 1 N–H and O–H groups in total. The van der Waals surface area contributed by atoms with Gasteiger partial charge in [0.25, 0.3) is 0 Å². The molecule has 2 heteroatoms. The Labute approximate surface area is 94.0 Å². The quantitative estimate of drug-likeness (QED) is 0.762. The molecule has 0 bridgehead atoms.